The van der Waals surface area contributed by atoms with Gasteiger partial charge in [-0.1, -0.05) is 0 Å². The molecule has 0 radical (unpaired) electrons. The van der Waals surface area contributed by atoms with Gasteiger partial charge in [0.2, 0.25) is 12.5 Å². The second-order valence-corrected chi connectivity index (χ2v) is 5.02. The Balaban J connectivity index is 0.00000132. The van der Waals surface area contributed by atoms with Gasteiger partial charge >= 0.3 is 0 Å². The molecule has 9 heteroatoms. The Labute approximate surface area is 146 Å². The van der Waals surface area contributed by atoms with Crippen LogP contribution >= 0.6 is 24.8 Å². The molecular formula is C14H20Cl2F2N2O3. The van der Waals surface area contributed by atoms with Gasteiger partial charge < -0.3 is 19.5 Å². The largest absolute Gasteiger partial charge is 0.493 e. The third-order valence-corrected chi connectivity index (χ3v) is 3.81. The molecule has 23 heavy (non-hydrogen) atoms. The van der Waals surface area contributed by atoms with Gasteiger partial charge in [-0.15, -0.1) is 24.8 Å². The van der Waals surface area contributed by atoms with Crippen LogP contribution in [0.1, 0.15) is 11.6 Å². The van der Waals surface area contributed by atoms with Crippen molar-refractivity contribution in [3.8, 4) is 17.2 Å². The van der Waals surface area contributed by atoms with Gasteiger partial charge in [0.25, 0.3) is 6.43 Å². The maximum Gasteiger partial charge on any atom is 0.258 e. The van der Waals surface area contributed by atoms with E-state index >= 15 is 0 Å². The maximum atomic E-state index is 13.6. The number of fused-ring (bicyclic) bond motifs is 1. The lowest BCUT2D eigenvalue weighted by molar-refractivity contribution is 0.0180. The Morgan fingerprint density at radius 3 is 2.48 bits per heavy atom. The van der Waals surface area contributed by atoms with E-state index in [9.17, 15) is 8.78 Å². The third-order valence-electron chi connectivity index (χ3n) is 3.81. The Morgan fingerprint density at radius 2 is 1.87 bits per heavy atom. The molecule has 1 saturated heterocycles. The second kappa shape index (κ2) is 8.73. The minimum atomic E-state index is -2.48. The topological polar surface area (TPSA) is 43.0 Å². The highest BCUT2D eigenvalue weighted by Crippen LogP contribution is 2.44. The van der Waals surface area contributed by atoms with E-state index in [0.29, 0.717) is 49.0 Å². The van der Waals surface area contributed by atoms with E-state index in [1.165, 1.54) is 7.11 Å². The smallest absolute Gasteiger partial charge is 0.258 e. The van der Waals surface area contributed by atoms with Crippen LogP contribution in [0.5, 0.6) is 17.2 Å². The molecule has 1 aromatic rings. The zero-order chi connectivity index (χ0) is 14.8. The van der Waals surface area contributed by atoms with E-state index in [0.717, 1.165) is 0 Å². The summed E-state index contributed by atoms with van der Waals surface area (Å²) in [6.07, 6.45) is -2.48. The van der Waals surface area contributed by atoms with Crippen molar-refractivity contribution >= 4 is 24.8 Å². The maximum absolute atomic E-state index is 13.6. The summed E-state index contributed by atoms with van der Waals surface area (Å²) in [6.45, 7) is 2.69. The number of methoxy groups -OCH3 is 1. The number of hydrogen-bond acceptors (Lipinski definition) is 5. The fourth-order valence-corrected chi connectivity index (χ4v) is 2.80. The van der Waals surface area contributed by atoms with E-state index in [-0.39, 0.29) is 31.6 Å². The summed E-state index contributed by atoms with van der Waals surface area (Å²) in [5, 5.41) is 3.17. The first kappa shape index (κ1) is 20.0. The minimum absolute atomic E-state index is 0. The molecule has 1 atom stereocenters. The van der Waals surface area contributed by atoms with Crippen molar-refractivity contribution in [2.75, 3.05) is 40.1 Å². The molecule has 0 unspecified atom stereocenters. The molecule has 1 N–H and O–H groups in total. The number of ether oxygens (including phenoxy) is 3. The molecule has 5 nitrogen and oxygen atoms in total. The predicted octanol–water partition coefficient (Wildman–Crippen LogP) is 2.48. The number of hydrogen-bond donors (Lipinski definition) is 1. The van der Waals surface area contributed by atoms with Crippen molar-refractivity contribution in [1.29, 1.82) is 0 Å². The van der Waals surface area contributed by atoms with E-state index < -0.39 is 12.5 Å². The highest BCUT2D eigenvalue weighted by molar-refractivity contribution is 5.85. The molecule has 2 aliphatic rings. The van der Waals surface area contributed by atoms with Crippen LogP contribution in [0.25, 0.3) is 0 Å². The summed E-state index contributed by atoms with van der Waals surface area (Å²) < 4.78 is 43.0. The monoisotopic (exact) mass is 372 g/mol. The number of rotatable bonds is 4. The predicted molar refractivity (Wildman–Crippen MR) is 86.8 cm³/mol. The summed E-state index contributed by atoms with van der Waals surface area (Å²) in [6, 6.07) is 2.28. The number of alkyl halides is 2. The average molecular weight is 373 g/mol. The average Bonchev–Trinajstić information content (AvgIpc) is 2.95. The Hall–Kier alpha value is -1.02. The van der Waals surface area contributed by atoms with Crippen LogP contribution < -0.4 is 19.5 Å². The summed E-state index contributed by atoms with van der Waals surface area (Å²) in [4.78, 5) is 1.79. The van der Waals surface area contributed by atoms with Gasteiger partial charge in [0, 0.05) is 26.2 Å². The normalized spacial score (nSPS) is 18.1. The van der Waals surface area contributed by atoms with Crippen LogP contribution in [0.4, 0.5) is 8.78 Å². The van der Waals surface area contributed by atoms with Crippen LogP contribution in [-0.4, -0.2) is 51.4 Å². The number of halogens is 4. The first-order valence-electron chi connectivity index (χ1n) is 6.91. The minimum Gasteiger partial charge on any atom is -0.493 e. The molecule has 0 bridgehead atoms. The van der Waals surface area contributed by atoms with E-state index in [1.54, 1.807) is 17.0 Å². The first-order valence-corrected chi connectivity index (χ1v) is 6.91. The number of benzene rings is 1. The van der Waals surface area contributed by atoms with E-state index in [1.807, 2.05) is 0 Å². The lowest BCUT2D eigenvalue weighted by atomic mass is 10.0. The Morgan fingerprint density at radius 1 is 1.17 bits per heavy atom. The molecule has 3 rings (SSSR count). The van der Waals surface area contributed by atoms with Crippen LogP contribution in [0.15, 0.2) is 12.1 Å². The summed E-state index contributed by atoms with van der Waals surface area (Å²) in [7, 11) is 1.49. The molecule has 0 aliphatic carbocycles. The highest BCUT2D eigenvalue weighted by atomic mass is 35.5. The SMILES string of the molecule is COc1cc([C@H](C(F)F)N2CCNCC2)cc2c1OCO2.Cl.Cl. The van der Waals surface area contributed by atoms with Gasteiger partial charge in [-0.2, -0.15) is 0 Å². The van der Waals surface area contributed by atoms with Crippen molar-refractivity contribution in [2.24, 2.45) is 0 Å². The van der Waals surface area contributed by atoms with Gasteiger partial charge in [0.1, 0.15) is 0 Å². The van der Waals surface area contributed by atoms with E-state index in [4.69, 9.17) is 14.2 Å². The van der Waals surface area contributed by atoms with Crippen LogP contribution in [0.3, 0.4) is 0 Å². The lowest BCUT2D eigenvalue weighted by Crippen LogP contribution is -2.46. The zero-order valence-electron chi connectivity index (χ0n) is 12.6. The molecule has 2 aliphatic heterocycles. The van der Waals surface area contributed by atoms with E-state index in [2.05, 4.69) is 5.32 Å². The summed E-state index contributed by atoms with van der Waals surface area (Å²) >= 11 is 0. The number of piperazine rings is 1. The molecule has 2 heterocycles. The summed E-state index contributed by atoms with van der Waals surface area (Å²) in [5.41, 5.74) is 0.494. The van der Waals surface area contributed by atoms with Crippen molar-refractivity contribution in [1.82, 2.24) is 10.2 Å². The van der Waals surface area contributed by atoms with Gasteiger partial charge in [-0.05, 0) is 17.7 Å². The molecule has 132 valence electrons. The molecule has 0 saturated carbocycles. The van der Waals surface area contributed by atoms with Crippen molar-refractivity contribution in [3.05, 3.63) is 17.7 Å². The molecule has 0 amide bonds. The van der Waals surface area contributed by atoms with Crippen molar-refractivity contribution in [2.45, 2.75) is 12.5 Å². The fourth-order valence-electron chi connectivity index (χ4n) is 2.80. The lowest BCUT2D eigenvalue weighted by Gasteiger charge is -2.34. The van der Waals surface area contributed by atoms with Gasteiger partial charge in [0.05, 0.1) is 13.2 Å². The third kappa shape index (κ3) is 4.09. The van der Waals surface area contributed by atoms with Gasteiger partial charge in [0.15, 0.2) is 11.5 Å². The highest BCUT2D eigenvalue weighted by Gasteiger charge is 2.32. The van der Waals surface area contributed by atoms with Crippen LogP contribution in [-0.2, 0) is 0 Å². The van der Waals surface area contributed by atoms with Crippen molar-refractivity contribution < 1.29 is 23.0 Å². The fraction of sp³-hybridized carbons (Fsp3) is 0.571. The second-order valence-electron chi connectivity index (χ2n) is 5.02. The zero-order valence-corrected chi connectivity index (χ0v) is 14.2. The van der Waals surface area contributed by atoms with Gasteiger partial charge in [-0.25, -0.2) is 8.78 Å². The molecular weight excluding hydrogens is 353 g/mol. The summed E-state index contributed by atoms with van der Waals surface area (Å²) in [5.74, 6) is 1.38. The standard InChI is InChI=1S/C14H18F2N2O3.2ClH/c1-19-10-6-9(7-11-13(10)21-8-20-11)12(14(15)16)18-4-2-17-3-5-18;;/h6-7,12,14,17H,2-5,8H2,1H3;2*1H/t12-;;/m1../s1. The molecule has 0 aromatic heterocycles. The molecule has 0 spiro atoms. The van der Waals surface area contributed by atoms with Crippen LogP contribution in [0.2, 0.25) is 0 Å². The molecule has 1 aromatic carbocycles. The first-order chi connectivity index (χ1) is 10.2. The number of nitrogens with zero attached hydrogens (tertiary/aromatic N) is 1. The number of nitrogens with one attached hydrogen (secondary N) is 1. The van der Waals surface area contributed by atoms with Gasteiger partial charge in [-0.3, -0.25) is 4.90 Å². The quantitative estimate of drug-likeness (QED) is 0.879. The van der Waals surface area contributed by atoms with Crippen molar-refractivity contribution in [3.63, 3.8) is 0 Å². The molecule has 1 fully saturated rings. The Kier molecular flexibility index (Phi) is 7.60. The Bertz CT molecular complexity index is 517. The van der Waals surface area contributed by atoms with Crippen LogP contribution in [0, 0.1) is 0 Å².